The highest BCUT2D eigenvalue weighted by molar-refractivity contribution is 6.02. The number of amides is 1. The number of benzene rings is 1. The molecule has 1 aliphatic rings. The van der Waals surface area contributed by atoms with Crippen molar-refractivity contribution < 1.29 is 9.90 Å². The van der Waals surface area contributed by atoms with Gasteiger partial charge >= 0.3 is 0 Å². The molecule has 5 heteroatoms. The molecule has 108 valence electrons. The number of aliphatic hydroxyl groups is 1. The normalized spacial score (nSPS) is 17.1. The highest BCUT2D eigenvalue weighted by atomic mass is 16.3. The molecule has 0 aromatic heterocycles. The fraction of sp³-hybridized carbons (Fsp3) is 0.400. The summed E-state index contributed by atoms with van der Waals surface area (Å²) in [6.07, 6.45) is 3.38. The molecular formula is C15H21N3O2. The lowest BCUT2D eigenvalue weighted by Gasteiger charge is -2.34. The van der Waals surface area contributed by atoms with Crippen LogP contribution in [0.2, 0.25) is 0 Å². The Morgan fingerprint density at radius 3 is 2.85 bits per heavy atom. The lowest BCUT2D eigenvalue weighted by atomic mass is 9.93. The van der Waals surface area contributed by atoms with Crippen molar-refractivity contribution >= 4 is 11.6 Å². The summed E-state index contributed by atoms with van der Waals surface area (Å²) >= 11 is 0. The van der Waals surface area contributed by atoms with Gasteiger partial charge in [0.15, 0.2) is 5.88 Å². The van der Waals surface area contributed by atoms with Crippen molar-refractivity contribution in [2.45, 2.75) is 31.7 Å². The molecule has 20 heavy (non-hydrogen) atoms. The summed E-state index contributed by atoms with van der Waals surface area (Å²) < 4.78 is 0. The summed E-state index contributed by atoms with van der Waals surface area (Å²) in [5, 5.41) is 10.1. The van der Waals surface area contributed by atoms with Crippen molar-refractivity contribution in [3.05, 3.63) is 41.8 Å². The van der Waals surface area contributed by atoms with Gasteiger partial charge in [0.1, 0.15) is 0 Å². The summed E-state index contributed by atoms with van der Waals surface area (Å²) in [5.74, 6) is -0.370. The first-order valence-corrected chi connectivity index (χ1v) is 6.78. The number of allylic oxidation sites excluding steroid dienone is 1. The molecule has 1 aromatic rings. The molecule has 2 rings (SSSR count). The van der Waals surface area contributed by atoms with Gasteiger partial charge in [-0.3, -0.25) is 4.79 Å². The molecule has 1 atom stereocenters. The zero-order valence-electron chi connectivity index (χ0n) is 11.7. The first-order valence-electron chi connectivity index (χ1n) is 6.78. The van der Waals surface area contributed by atoms with E-state index in [1.54, 1.807) is 13.0 Å². The van der Waals surface area contributed by atoms with Crippen LogP contribution in [0.5, 0.6) is 0 Å². The highest BCUT2D eigenvalue weighted by Crippen LogP contribution is 2.30. The Bertz CT molecular complexity index is 538. The van der Waals surface area contributed by atoms with Crippen molar-refractivity contribution in [3.8, 4) is 0 Å². The van der Waals surface area contributed by atoms with E-state index in [1.807, 2.05) is 24.3 Å². The Morgan fingerprint density at radius 1 is 1.45 bits per heavy atom. The molecule has 5 nitrogen and oxygen atoms in total. The van der Waals surface area contributed by atoms with Crippen LogP contribution in [0.25, 0.3) is 0 Å². The number of hydrogen-bond donors (Lipinski definition) is 3. The third-order valence-corrected chi connectivity index (χ3v) is 3.56. The van der Waals surface area contributed by atoms with Crippen LogP contribution >= 0.6 is 0 Å². The molecule has 1 heterocycles. The third-order valence-electron chi connectivity index (χ3n) is 3.56. The summed E-state index contributed by atoms with van der Waals surface area (Å²) in [7, 11) is 0. The van der Waals surface area contributed by atoms with Gasteiger partial charge in [-0.1, -0.05) is 18.2 Å². The number of anilines is 1. The summed E-state index contributed by atoms with van der Waals surface area (Å²) in [6, 6.07) is 7.50. The zero-order valence-corrected chi connectivity index (χ0v) is 11.7. The van der Waals surface area contributed by atoms with E-state index in [2.05, 4.69) is 0 Å². The average Bonchev–Trinajstić information content (AvgIpc) is 2.44. The molecule has 0 radical (unpaired) electrons. The summed E-state index contributed by atoms with van der Waals surface area (Å²) in [6.45, 7) is 2.16. The van der Waals surface area contributed by atoms with E-state index in [0.29, 0.717) is 31.5 Å². The Labute approximate surface area is 118 Å². The van der Waals surface area contributed by atoms with Crippen LogP contribution in [-0.4, -0.2) is 23.1 Å². The average molecular weight is 275 g/mol. The molecule has 0 unspecified atom stereocenters. The van der Waals surface area contributed by atoms with Crippen LogP contribution in [0.4, 0.5) is 5.69 Å². The summed E-state index contributed by atoms with van der Waals surface area (Å²) in [5.41, 5.74) is 12.2. The van der Waals surface area contributed by atoms with Gasteiger partial charge in [0.25, 0.3) is 5.91 Å². The number of carbonyl (C=O) groups is 1. The first kappa shape index (κ1) is 14.6. The van der Waals surface area contributed by atoms with E-state index in [9.17, 15) is 9.90 Å². The second-order valence-electron chi connectivity index (χ2n) is 5.35. The molecular weight excluding hydrogens is 254 g/mol. The highest BCUT2D eigenvalue weighted by Gasteiger charge is 2.36. The topological polar surface area (TPSA) is 92.6 Å². The maximum atomic E-state index is 12.7. The van der Waals surface area contributed by atoms with E-state index in [0.717, 1.165) is 5.56 Å². The van der Waals surface area contributed by atoms with Crippen LogP contribution in [0.3, 0.4) is 0 Å². The molecule has 1 aromatic carbocycles. The molecule has 0 saturated carbocycles. The Hall–Kier alpha value is -1.85. The SMILES string of the molecule is C[C@](N)(CCCN)C(=O)N1C(O)=CCc2ccccc21. The molecule has 1 amide bonds. The maximum Gasteiger partial charge on any atom is 0.253 e. The van der Waals surface area contributed by atoms with E-state index in [4.69, 9.17) is 11.5 Å². The molecule has 5 N–H and O–H groups in total. The van der Waals surface area contributed by atoms with Gasteiger partial charge in [-0.25, -0.2) is 4.90 Å². The van der Waals surface area contributed by atoms with E-state index in [1.165, 1.54) is 4.90 Å². The smallest absolute Gasteiger partial charge is 0.253 e. The van der Waals surface area contributed by atoms with Gasteiger partial charge < -0.3 is 16.6 Å². The van der Waals surface area contributed by atoms with Crippen molar-refractivity contribution in [2.75, 3.05) is 11.4 Å². The zero-order chi connectivity index (χ0) is 14.8. The number of aliphatic hydroxyl groups excluding tert-OH is 1. The number of para-hydroxylation sites is 1. The maximum absolute atomic E-state index is 12.7. The van der Waals surface area contributed by atoms with Crippen LogP contribution in [0.1, 0.15) is 25.3 Å². The minimum Gasteiger partial charge on any atom is -0.494 e. The molecule has 0 bridgehead atoms. The van der Waals surface area contributed by atoms with E-state index >= 15 is 0 Å². The van der Waals surface area contributed by atoms with Crippen LogP contribution in [0, 0.1) is 0 Å². The number of nitrogens with zero attached hydrogens (tertiary/aromatic N) is 1. The molecule has 1 aliphatic heterocycles. The standard InChI is InChI=1S/C15H21N3O2/c1-15(17,9-4-10-16)14(20)18-12-6-3-2-5-11(12)7-8-13(18)19/h2-3,5-6,8,19H,4,7,9-10,16-17H2,1H3/t15-/m0/s1. The number of hydrogen-bond acceptors (Lipinski definition) is 4. The van der Waals surface area contributed by atoms with Gasteiger partial charge in [-0.05, 0) is 50.4 Å². The largest absolute Gasteiger partial charge is 0.494 e. The predicted molar refractivity (Wildman–Crippen MR) is 79.2 cm³/mol. The Morgan fingerprint density at radius 2 is 2.15 bits per heavy atom. The van der Waals surface area contributed by atoms with Gasteiger partial charge in [0.05, 0.1) is 11.2 Å². The van der Waals surface area contributed by atoms with Crippen molar-refractivity contribution in [3.63, 3.8) is 0 Å². The van der Waals surface area contributed by atoms with Crippen LogP contribution < -0.4 is 16.4 Å². The molecule has 0 fully saturated rings. The van der Waals surface area contributed by atoms with Crippen molar-refractivity contribution in [2.24, 2.45) is 11.5 Å². The molecule has 0 aliphatic carbocycles. The predicted octanol–water partition coefficient (Wildman–Crippen LogP) is 1.43. The van der Waals surface area contributed by atoms with E-state index < -0.39 is 5.54 Å². The van der Waals surface area contributed by atoms with Crippen LogP contribution in [-0.2, 0) is 11.2 Å². The second-order valence-corrected chi connectivity index (χ2v) is 5.35. The monoisotopic (exact) mass is 275 g/mol. The number of rotatable bonds is 4. The quantitative estimate of drug-likeness (QED) is 0.775. The number of fused-ring (bicyclic) bond motifs is 1. The number of carbonyl (C=O) groups excluding carboxylic acids is 1. The fourth-order valence-corrected chi connectivity index (χ4v) is 2.36. The molecule has 0 saturated heterocycles. The molecule has 0 spiro atoms. The van der Waals surface area contributed by atoms with Crippen LogP contribution in [0.15, 0.2) is 36.2 Å². The third kappa shape index (κ3) is 2.69. The minimum absolute atomic E-state index is 0.0573. The Kier molecular flexibility index (Phi) is 4.11. The minimum atomic E-state index is -1.05. The number of nitrogens with two attached hydrogens (primary N) is 2. The lowest BCUT2D eigenvalue weighted by molar-refractivity contribution is -0.123. The summed E-state index contributed by atoms with van der Waals surface area (Å²) in [4.78, 5) is 14.0. The van der Waals surface area contributed by atoms with Gasteiger partial charge in [-0.15, -0.1) is 0 Å². The van der Waals surface area contributed by atoms with Crippen molar-refractivity contribution in [1.82, 2.24) is 0 Å². The van der Waals surface area contributed by atoms with Gasteiger partial charge in [-0.2, -0.15) is 0 Å². The van der Waals surface area contributed by atoms with Gasteiger partial charge in [0, 0.05) is 0 Å². The van der Waals surface area contributed by atoms with Crippen molar-refractivity contribution in [1.29, 1.82) is 0 Å². The first-order chi connectivity index (χ1) is 9.47. The van der Waals surface area contributed by atoms with Gasteiger partial charge in [0.2, 0.25) is 0 Å². The lowest BCUT2D eigenvalue weighted by Crippen LogP contribution is -2.54. The van der Waals surface area contributed by atoms with E-state index in [-0.39, 0.29) is 11.8 Å². The second kappa shape index (κ2) is 5.64. The Balaban J connectivity index is 2.32. The fourth-order valence-electron chi connectivity index (χ4n) is 2.36.